The Hall–Kier alpha value is -2.23. The number of phenolic OH excluding ortho intramolecular Hbond substituents is 1. The second-order valence-corrected chi connectivity index (χ2v) is 7.59. The molecule has 0 atom stereocenters. The minimum absolute atomic E-state index is 0.0497. The van der Waals surface area contributed by atoms with Crippen LogP contribution < -0.4 is 4.74 Å². The second kappa shape index (κ2) is 15.7. The molecule has 2 N–H and O–H groups in total. The molecule has 1 rings (SSSR count). The third-order valence-electron chi connectivity index (χ3n) is 4.99. The molecule has 162 valence electrons. The lowest BCUT2D eigenvalue weighted by Gasteiger charge is -2.03. The van der Waals surface area contributed by atoms with Crippen molar-refractivity contribution in [2.45, 2.75) is 84.0 Å². The van der Waals surface area contributed by atoms with E-state index in [4.69, 9.17) is 4.74 Å². The average molecular weight is 403 g/mol. The first-order chi connectivity index (χ1) is 14.1. The molecule has 4 nitrogen and oxygen atoms in total. The highest BCUT2D eigenvalue weighted by Gasteiger charge is 2.02. The van der Waals surface area contributed by atoms with Crippen molar-refractivity contribution < 1.29 is 19.7 Å². The normalized spacial score (nSPS) is 11.9. The summed E-state index contributed by atoms with van der Waals surface area (Å²) in [6.07, 6.45) is 18.7. The minimum Gasteiger partial charge on any atom is -0.508 e. The molecule has 0 saturated heterocycles. The molecule has 1 aromatic carbocycles. The molecule has 1 aromatic rings. The maximum atomic E-state index is 11.9. The Bertz CT molecular complexity index is 646. The summed E-state index contributed by atoms with van der Waals surface area (Å²) < 4.78 is 5.05. The molecular formula is C25H38O4. The number of hydrogen-bond acceptors (Lipinski definition) is 4. The van der Waals surface area contributed by atoms with E-state index in [9.17, 15) is 15.0 Å². The maximum absolute atomic E-state index is 11.9. The van der Waals surface area contributed by atoms with Gasteiger partial charge in [-0.1, -0.05) is 83.3 Å². The summed E-state index contributed by atoms with van der Waals surface area (Å²) >= 11 is 0. The van der Waals surface area contributed by atoms with E-state index in [0.29, 0.717) is 12.2 Å². The maximum Gasteiger partial charge on any atom is 0.161 e. The highest BCUT2D eigenvalue weighted by molar-refractivity contribution is 5.90. The minimum atomic E-state index is -0.0647. The molecule has 0 spiro atoms. The van der Waals surface area contributed by atoms with Gasteiger partial charge in [-0.2, -0.15) is 0 Å². The third-order valence-corrected chi connectivity index (χ3v) is 4.99. The Morgan fingerprint density at radius 1 is 0.966 bits per heavy atom. The number of aliphatic hydroxyl groups is 1. The van der Waals surface area contributed by atoms with Crippen LogP contribution in [0.2, 0.25) is 0 Å². The van der Waals surface area contributed by atoms with Gasteiger partial charge in [0.2, 0.25) is 0 Å². The third kappa shape index (κ3) is 12.0. The van der Waals surface area contributed by atoms with Gasteiger partial charge in [-0.15, -0.1) is 0 Å². The van der Waals surface area contributed by atoms with Crippen LogP contribution in [0.15, 0.2) is 36.1 Å². The molecule has 0 fully saturated rings. The van der Waals surface area contributed by atoms with E-state index in [0.717, 1.165) is 18.4 Å². The predicted octanol–water partition coefficient (Wildman–Crippen LogP) is 7.13. The highest BCUT2D eigenvalue weighted by Crippen LogP contribution is 2.26. The van der Waals surface area contributed by atoms with Crippen molar-refractivity contribution in [1.82, 2.24) is 0 Å². The summed E-state index contributed by atoms with van der Waals surface area (Å²) in [5.41, 5.74) is 0.761. The Kier molecular flexibility index (Phi) is 13.4. The molecule has 0 aliphatic carbocycles. The van der Waals surface area contributed by atoms with Crippen molar-refractivity contribution in [2.75, 3.05) is 7.11 Å². The lowest BCUT2D eigenvalue weighted by Crippen LogP contribution is -1.94. The van der Waals surface area contributed by atoms with Crippen molar-refractivity contribution in [3.05, 3.63) is 41.7 Å². The van der Waals surface area contributed by atoms with Crippen LogP contribution in [0.3, 0.4) is 0 Å². The first-order valence-corrected chi connectivity index (χ1v) is 11.1. The number of unbranched alkanes of at least 4 members (excludes halogenated alkanes) is 10. The van der Waals surface area contributed by atoms with Gasteiger partial charge in [0.25, 0.3) is 0 Å². The van der Waals surface area contributed by atoms with Gasteiger partial charge >= 0.3 is 0 Å². The number of aromatic hydroxyl groups is 1. The zero-order valence-electron chi connectivity index (χ0n) is 18.2. The van der Waals surface area contributed by atoms with Crippen molar-refractivity contribution in [3.8, 4) is 11.5 Å². The van der Waals surface area contributed by atoms with Crippen LogP contribution in [-0.2, 0) is 4.79 Å². The Morgan fingerprint density at radius 2 is 1.55 bits per heavy atom. The van der Waals surface area contributed by atoms with Crippen molar-refractivity contribution in [1.29, 1.82) is 0 Å². The van der Waals surface area contributed by atoms with Crippen LogP contribution in [-0.4, -0.2) is 23.1 Å². The van der Waals surface area contributed by atoms with Gasteiger partial charge in [0.15, 0.2) is 17.3 Å². The smallest absolute Gasteiger partial charge is 0.161 e. The zero-order chi connectivity index (χ0) is 21.3. The number of carbonyl (C=O) groups excluding carboxylic acids is 1. The van der Waals surface area contributed by atoms with Crippen LogP contribution in [0, 0.1) is 0 Å². The summed E-state index contributed by atoms with van der Waals surface area (Å²) in [6.45, 7) is 2.24. The standard InChI is InChI=1S/C25H38O4/c1-3-4-5-6-7-8-9-10-11-12-13-14-22(26)20-23(27)17-15-21-16-18-24(28)25(19-21)29-2/h15-20,27-28H,3-14H2,1-2H3. The summed E-state index contributed by atoms with van der Waals surface area (Å²) in [6, 6.07) is 4.89. The van der Waals surface area contributed by atoms with Crippen molar-refractivity contribution >= 4 is 11.9 Å². The molecule has 0 aliphatic rings. The Morgan fingerprint density at radius 3 is 2.14 bits per heavy atom. The molecule has 0 heterocycles. The number of aliphatic hydroxyl groups excluding tert-OH is 1. The first-order valence-electron chi connectivity index (χ1n) is 11.1. The Labute approximate surface area is 176 Å². The molecule has 0 aromatic heterocycles. The molecule has 0 bridgehead atoms. The highest BCUT2D eigenvalue weighted by atomic mass is 16.5. The largest absolute Gasteiger partial charge is 0.508 e. The number of carbonyl (C=O) groups is 1. The number of rotatable bonds is 16. The van der Waals surface area contributed by atoms with Gasteiger partial charge in [0, 0.05) is 12.5 Å². The van der Waals surface area contributed by atoms with Gasteiger partial charge in [-0.05, 0) is 30.2 Å². The predicted molar refractivity (Wildman–Crippen MR) is 120 cm³/mol. The molecule has 0 radical (unpaired) electrons. The summed E-state index contributed by atoms with van der Waals surface area (Å²) in [4.78, 5) is 11.9. The number of hydrogen-bond donors (Lipinski definition) is 2. The van der Waals surface area contributed by atoms with E-state index in [-0.39, 0.29) is 17.3 Å². The zero-order valence-corrected chi connectivity index (χ0v) is 18.2. The average Bonchev–Trinajstić information content (AvgIpc) is 2.71. The van der Waals surface area contributed by atoms with Crippen molar-refractivity contribution in [2.24, 2.45) is 0 Å². The van der Waals surface area contributed by atoms with Crippen molar-refractivity contribution in [3.63, 3.8) is 0 Å². The van der Waals surface area contributed by atoms with Crippen LogP contribution in [0.25, 0.3) is 6.08 Å². The van der Waals surface area contributed by atoms with Gasteiger partial charge in [-0.3, -0.25) is 4.79 Å². The van der Waals surface area contributed by atoms with Crippen LogP contribution in [0.1, 0.15) is 89.5 Å². The van der Waals surface area contributed by atoms with Gasteiger partial charge in [0.1, 0.15) is 5.76 Å². The lowest BCUT2D eigenvalue weighted by atomic mass is 10.0. The summed E-state index contributed by atoms with van der Waals surface area (Å²) in [5, 5.41) is 19.5. The summed E-state index contributed by atoms with van der Waals surface area (Å²) in [7, 11) is 1.48. The van der Waals surface area contributed by atoms with Gasteiger partial charge in [0.05, 0.1) is 7.11 Å². The molecule has 0 unspecified atom stereocenters. The molecule has 29 heavy (non-hydrogen) atoms. The number of ketones is 1. The monoisotopic (exact) mass is 402 g/mol. The van der Waals surface area contributed by atoms with Crippen LogP contribution in [0.4, 0.5) is 0 Å². The quantitative estimate of drug-likeness (QED) is 0.134. The fourth-order valence-electron chi connectivity index (χ4n) is 3.23. The van der Waals surface area contributed by atoms with E-state index in [2.05, 4.69) is 6.92 Å². The van der Waals surface area contributed by atoms with Gasteiger partial charge in [-0.25, -0.2) is 0 Å². The first kappa shape index (κ1) is 24.8. The molecule has 0 amide bonds. The molecule has 4 heteroatoms. The lowest BCUT2D eigenvalue weighted by molar-refractivity contribution is -0.114. The number of allylic oxidation sites excluding steroid dienone is 2. The van der Waals surface area contributed by atoms with E-state index in [1.165, 1.54) is 83.1 Å². The molecule has 0 saturated carbocycles. The van der Waals surface area contributed by atoms with E-state index >= 15 is 0 Å². The number of phenols is 1. The van der Waals surface area contributed by atoms with Crippen LogP contribution >= 0.6 is 0 Å². The van der Waals surface area contributed by atoms with Crippen LogP contribution in [0.5, 0.6) is 11.5 Å². The van der Waals surface area contributed by atoms with E-state index in [1.54, 1.807) is 18.2 Å². The number of benzene rings is 1. The van der Waals surface area contributed by atoms with Gasteiger partial charge < -0.3 is 14.9 Å². The second-order valence-electron chi connectivity index (χ2n) is 7.59. The fourth-order valence-corrected chi connectivity index (χ4v) is 3.23. The molecular weight excluding hydrogens is 364 g/mol. The summed E-state index contributed by atoms with van der Waals surface area (Å²) in [5.74, 6) is 0.311. The topological polar surface area (TPSA) is 66.8 Å². The number of ether oxygens (including phenoxy) is 1. The van der Waals surface area contributed by atoms with E-state index < -0.39 is 0 Å². The molecule has 0 aliphatic heterocycles. The fraction of sp³-hybridized carbons (Fsp3) is 0.560. The van der Waals surface area contributed by atoms with E-state index in [1.807, 2.05) is 0 Å². The Balaban J connectivity index is 2.17. The SMILES string of the molecule is CCCCCCCCCCCCCC(=O)C=C(O)C=Cc1ccc(O)c(OC)c1. The number of methoxy groups -OCH3 is 1.